The molecule has 12 rings (SSSR count). The van der Waals surface area contributed by atoms with Crippen LogP contribution in [0, 0.1) is 0 Å². The fraction of sp³-hybridized carbons (Fsp3) is 0. The summed E-state index contributed by atoms with van der Waals surface area (Å²) in [5, 5.41) is 14.5. The molecule has 0 radical (unpaired) electrons. The SMILES string of the molecule is c1ccc2c(-c3c4ccccc4c(-c4ccc5cc(-c6c7ccccc7c(-c7cccc8ccccc78)c7ncccc67)ccc5c4)c4cccnc34)cccc2c1. The molecule has 0 unspecified atom stereocenters. The van der Waals surface area contributed by atoms with Crippen LogP contribution in [0.5, 0.6) is 0 Å². The van der Waals surface area contributed by atoms with Crippen molar-refractivity contribution in [2.24, 2.45) is 0 Å². The van der Waals surface area contributed by atoms with Gasteiger partial charge in [0.25, 0.3) is 0 Å². The predicted molar refractivity (Wildman–Crippen MR) is 246 cm³/mol. The second-order valence-corrected chi connectivity index (χ2v) is 15.2. The van der Waals surface area contributed by atoms with E-state index < -0.39 is 0 Å². The fourth-order valence-electron chi connectivity index (χ4n) is 9.61. The molecule has 12 aromatic rings. The Kier molecular flexibility index (Phi) is 7.26. The van der Waals surface area contributed by atoms with Gasteiger partial charge in [0.05, 0.1) is 11.0 Å². The molecule has 0 N–H and O–H groups in total. The molecule has 2 aromatic heterocycles. The zero-order valence-corrected chi connectivity index (χ0v) is 31.5. The third kappa shape index (κ3) is 4.92. The smallest absolute Gasteiger partial charge is 0.0793 e. The minimum absolute atomic E-state index is 1.02. The van der Waals surface area contributed by atoms with E-state index in [2.05, 4.69) is 194 Å². The zero-order chi connectivity index (χ0) is 38.2. The third-order valence-electron chi connectivity index (χ3n) is 12.1. The second kappa shape index (κ2) is 12.9. The maximum atomic E-state index is 5.09. The molecular formula is C56H34N2. The summed E-state index contributed by atoms with van der Waals surface area (Å²) in [6.07, 6.45) is 3.85. The minimum atomic E-state index is 1.02. The standard InChI is InChI=1S/C56H34N2/c1-3-17-41-35(13-1)15-9-23-43(41)53-47-21-7-5-19-45(47)51(49-25-11-31-57-55(49)53)39-29-27-38-34-40(30-28-37(38)33-39)52-46-20-6-8-22-48(46)54(56-50(52)26-12-32-58-56)44-24-10-16-36-14-2-4-18-42(36)44/h1-34H. The lowest BCUT2D eigenvalue weighted by atomic mass is 9.85. The molecule has 2 nitrogen and oxygen atoms in total. The summed E-state index contributed by atoms with van der Waals surface area (Å²) in [4.78, 5) is 10.2. The molecule has 0 bridgehead atoms. The van der Waals surface area contributed by atoms with E-state index in [-0.39, 0.29) is 0 Å². The van der Waals surface area contributed by atoms with Gasteiger partial charge in [-0.25, -0.2) is 0 Å². The van der Waals surface area contributed by atoms with Crippen molar-refractivity contribution in [3.63, 3.8) is 0 Å². The van der Waals surface area contributed by atoms with Gasteiger partial charge in [0.1, 0.15) is 0 Å². The quantitative estimate of drug-likeness (QED) is 0.168. The Bertz CT molecular complexity index is 3270. The molecule has 0 aliphatic carbocycles. The van der Waals surface area contributed by atoms with Crippen molar-refractivity contribution < 1.29 is 0 Å². The molecule has 10 aromatic carbocycles. The highest BCUT2D eigenvalue weighted by atomic mass is 14.7. The van der Waals surface area contributed by atoms with E-state index in [1.165, 1.54) is 98.4 Å². The molecule has 0 saturated heterocycles. The average molecular weight is 735 g/mol. The number of aromatic nitrogens is 2. The third-order valence-corrected chi connectivity index (χ3v) is 12.1. The van der Waals surface area contributed by atoms with Crippen LogP contribution in [0.15, 0.2) is 207 Å². The molecule has 0 fully saturated rings. The van der Waals surface area contributed by atoms with Crippen molar-refractivity contribution in [2.45, 2.75) is 0 Å². The van der Waals surface area contributed by atoms with Crippen molar-refractivity contribution >= 4 is 75.7 Å². The topological polar surface area (TPSA) is 25.8 Å². The van der Waals surface area contributed by atoms with Gasteiger partial charge in [-0.05, 0) is 112 Å². The molecule has 0 spiro atoms. The Morgan fingerprint density at radius 1 is 0.241 bits per heavy atom. The van der Waals surface area contributed by atoms with Crippen LogP contribution in [0.3, 0.4) is 0 Å². The Labute approximate surface area is 335 Å². The first-order valence-corrected chi connectivity index (χ1v) is 19.9. The monoisotopic (exact) mass is 734 g/mol. The van der Waals surface area contributed by atoms with Gasteiger partial charge < -0.3 is 0 Å². The van der Waals surface area contributed by atoms with Crippen LogP contribution in [0.1, 0.15) is 0 Å². The minimum Gasteiger partial charge on any atom is -0.256 e. The molecule has 2 heteroatoms. The lowest BCUT2D eigenvalue weighted by Gasteiger charge is -2.19. The lowest BCUT2D eigenvalue weighted by molar-refractivity contribution is 1.42. The van der Waals surface area contributed by atoms with Crippen LogP contribution in [0.4, 0.5) is 0 Å². The van der Waals surface area contributed by atoms with Crippen molar-refractivity contribution in [1.29, 1.82) is 0 Å². The number of fused-ring (bicyclic) bond motifs is 7. The number of nitrogens with zero attached hydrogens (tertiary/aromatic N) is 2. The number of pyridine rings is 2. The molecule has 2 heterocycles. The molecule has 0 atom stereocenters. The van der Waals surface area contributed by atoms with Gasteiger partial charge in [-0.2, -0.15) is 0 Å². The van der Waals surface area contributed by atoms with E-state index in [9.17, 15) is 0 Å². The van der Waals surface area contributed by atoms with Gasteiger partial charge in [0.2, 0.25) is 0 Å². The molecule has 268 valence electrons. The highest BCUT2D eigenvalue weighted by Crippen LogP contribution is 2.47. The van der Waals surface area contributed by atoms with Crippen molar-refractivity contribution in [3.05, 3.63) is 207 Å². The number of rotatable bonds is 4. The Morgan fingerprint density at radius 3 is 1.05 bits per heavy atom. The second-order valence-electron chi connectivity index (χ2n) is 15.2. The van der Waals surface area contributed by atoms with Crippen molar-refractivity contribution in [2.75, 3.05) is 0 Å². The molecule has 0 amide bonds. The van der Waals surface area contributed by atoms with E-state index in [4.69, 9.17) is 9.97 Å². The molecule has 0 saturated carbocycles. The highest BCUT2D eigenvalue weighted by Gasteiger charge is 2.21. The summed E-state index contributed by atoms with van der Waals surface area (Å²) in [5.74, 6) is 0. The van der Waals surface area contributed by atoms with E-state index in [1.54, 1.807) is 0 Å². The summed E-state index contributed by atoms with van der Waals surface area (Å²) in [6, 6.07) is 70.6. The zero-order valence-electron chi connectivity index (χ0n) is 31.5. The van der Waals surface area contributed by atoms with Crippen LogP contribution in [-0.2, 0) is 0 Å². The van der Waals surface area contributed by atoms with Crippen molar-refractivity contribution in [1.82, 2.24) is 9.97 Å². The van der Waals surface area contributed by atoms with Gasteiger partial charge in [-0.3, -0.25) is 9.97 Å². The van der Waals surface area contributed by atoms with Crippen molar-refractivity contribution in [3.8, 4) is 44.5 Å². The van der Waals surface area contributed by atoms with E-state index >= 15 is 0 Å². The molecular weight excluding hydrogens is 701 g/mol. The summed E-state index contributed by atoms with van der Waals surface area (Å²) in [6.45, 7) is 0. The maximum absolute atomic E-state index is 5.09. The average Bonchev–Trinajstić information content (AvgIpc) is 3.29. The highest BCUT2D eigenvalue weighted by molar-refractivity contribution is 6.24. The number of hydrogen-bond acceptors (Lipinski definition) is 2. The Morgan fingerprint density at radius 2 is 0.603 bits per heavy atom. The van der Waals surface area contributed by atoms with Crippen LogP contribution in [-0.4, -0.2) is 9.97 Å². The summed E-state index contributed by atoms with van der Waals surface area (Å²) < 4.78 is 0. The maximum Gasteiger partial charge on any atom is 0.0793 e. The molecule has 0 aliphatic rings. The van der Waals surface area contributed by atoms with Gasteiger partial charge in [-0.1, -0.05) is 170 Å². The lowest BCUT2D eigenvalue weighted by Crippen LogP contribution is -1.94. The Balaban J connectivity index is 1.06. The van der Waals surface area contributed by atoms with E-state index in [0.717, 1.165) is 21.8 Å². The summed E-state index contributed by atoms with van der Waals surface area (Å²) >= 11 is 0. The largest absolute Gasteiger partial charge is 0.256 e. The first-order chi connectivity index (χ1) is 28.8. The van der Waals surface area contributed by atoms with E-state index in [0.29, 0.717) is 0 Å². The van der Waals surface area contributed by atoms with Crippen LogP contribution < -0.4 is 0 Å². The normalized spacial score (nSPS) is 11.8. The molecule has 58 heavy (non-hydrogen) atoms. The summed E-state index contributed by atoms with van der Waals surface area (Å²) in [7, 11) is 0. The Hall–Kier alpha value is -7.68. The summed E-state index contributed by atoms with van der Waals surface area (Å²) in [5.41, 5.74) is 11.6. The van der Waals surface area contributed by atoms with Gasteiger partial charge in [0.15, 0.2) is 0 Å². The van der Waals surface area contributed by atoms with Gasteiger partial charge >= 0.3 is 0 Å². The number of benzene rings is 10. The molecule has 0 aliphatic heterocycles. The number of hydrogen-bond donors (Lipinski definition) is 0. The first kappa shape index (κ1) is 32.6. The van der Waals surface area contributed by atoms with Crippen LogP contribution in [0.25, 0.3) is 120 Å². The van der Waals surface area contributed by atoms with E-state index in [1.807, 2.05) is 12.4 Å². The first-order valence-electron chi connectivity index (χ1n) is 19.9. The predicted octanol–water partition coefficient (Wildman–Crippen LogP) is 15.2. The van der Waals surface area contributed by atoms with Gasteiger partial charge in [0, 0.05) is 34.3 Å². The van der Waals surface area contributed by atoms with Crippen LogP contribution >= 0.6 is 0 Å². The van der Waals surface area contributed by atoms with Gasteiger partial charge in [-0.15, -0.1) is 0 Å². The fourth-order valence-corrected chi connectivity index (χ4v) is 9.61. The van der Waals surface area contributed by atoms with Crippen LogP contribution in [0.2, 0.25) is 0 Å².